The van der Waals surface area contributed by atoms with Crippen molar-refractivity contribution < 1.29 is 9.90 Å². The van der Waals surface area contributed by atoms with Gasteiger partial charge in [0.05, 0.1) is 6.42 Å². The van der Waals surface area contributed by atoms with E-state index in [1.807, 2.05) is 6.92 Å². The van der Waals surface area contributed by atoms with Crippen molar-refractivity contribution in [3.63, 3.8) is 0 Å². The van der Waals surface area contributed by atoms with Gasteiger partial charge in [-0.2, -0.15) is 0 Å². The zero-order valence-electron chi connectivity index (χ0n) is 11.5. The van der Waals surface area contributed by atoms with Crippen molar-refractivity contribution >= 4 is 5.97 Å². The van der Waals surface area contributed by atoms with E-state index in [9.17, 15) is 9.59 Å². The van der Waals surface area contributed by atoms with Crippen LogP contribution in [-0.2, 0) is 30.7 Å². The van der Waals surface area contributed by atoms with E-state index >= 15 is 0 Å². The average Bonchev–Trinajstić information content (AvgIpc) is 2.38. The molecule has 0 amide bonds. The number of pyridine rings is 1. The van der Waals surface area contributed by atoms with Gasteiger partial charge in [0.1, 0.15) is 0 Å². The highest BCUT2D eigenvalue weighted by atomic mass is 16.4. The van der Waals surface area contributed by atoms with E-state index in [0.717, 1.165) is 37.3 Å². The Bertz CT molecular complexity index is 548. The zero-order valence-corrected chi connectivity index (χ0v) is 11.5. The fourth-order valence-corrected chi connectivity index (χ4v) is 2.73. The number of likely N-dealkylation sites (N-methyl/N-ethyl adjacent to an activating group) is 1. The molecule has 0 atom stereocenters. The lowest BCUT2D eigenvalue weighted by Gasteiger charge is -2.29. The van der Waals surface area contributed by atoms with Gasteiger partial charge in [-0.05, 0) is 25.1 Å². The summed E-state index contributed by atoms with van der Waals surface area (Å²) in [4.78, 5) is 25.4. The van der Waals surface area contributed by atoms with E-state index in [-0.39, 0.29) is 12.0 Å². The molecule has 0 radical (unpaired) electrons. The summed E-state index contributed by atoms with van der Waals surface area (Å²) in [6, 6.07) is 1.79. The topological polar surface area (TPSA) is 62.5 Å². The predicted molar refractivity (Wildman–Crippen MR) is 72.4 cm³/mol. The van der Waals surface area contributed by atoms with Crippen molar-refractivity contribution in [3.8, 4) is 0 Å². The van der Waals surface area contributed by atoms with Crippen molar-refractivity contribution in [3.05, 3.63) is 33.2 Å². The lowest BCUT2D eigenvalue weighted by Crippen LogP contribution is -2.37. The number of carboxylic acids is 1. The minimum Gasteiger partial charge on any atom is -0.481 e. The van der Waals surface area contributed by atoms with Crippen LogP contribution >= 0.6 is 0 Å². The fourth-order valence-electron chi connectivity index (χ4n) is 2.73. The van der Waals surface area contributed by atoms with Gasteiger partial charge in [0.25, 0.3) is 5.56 Å². The van der Waals surface area contributed by atoms with Crippen LogP contribution in [0.2, 0.25) is 0 Å². The van der Waals surface area contributed by atoms with Crippen LogP contribution in [0.4, 0.5) is 0 Å². The first-order valence-corrected chi connectivity index (χ1v) is 6.75. The van der Waals surface area contributed by atoms with Gasteiger partial charge in [0, 0.05) is 37.3 Å². The number of carbonyl (C=O) groups is 1. The van der Waals surface area contributed by atoms with Crippen molar-refractivity contribution in [2.24, 2.45) is 0 Å². The first-order chi connectivity index (χ1) is 9.06. The third kappa shape index (κ3) is 2.71. The molecule has 5 heteroatoms. The number of fused-ring (bicyclic) bond motifs is 1. The lowest BCUT2D eigenvalue weighted by molar-refractivity contribution is -0.136. The molecule has 0 spiro atoms. The highest BCUT2D eigenvalue weighted by molar-refractivity contribution is 5.70. The quantitative estimate of drug-likeness (QED) is 0.876. The Morgan fingerprint density at radius 1 is 1.37 bits per heavy atom. The molecule has 0 saturated carbocycles. The highest BCUT2D eigenvalue weighted by Gasteiger charge is 2.21. The second-order valence-corrected chi connectivity index (χ2v) is 4.88. The molecular formula is C14H20N2O3. The molecule has 5 nitrogen and oxygen atoms in total. The van der Waals surface area contributed by atoms with Crippen molar-refractivity contribution in [1.29, 1.82) is 0 Å². The van der Waals surface area contributed by atoms with Gasteiger partial charge in [-0.15, -0.1) is 0 Å². The summed E-state index contributed by atoms with van der Waals surface area (Å²) < 4.78 is 1.74. The van der Waals surface area contributed by atoms with E-state index in [4.69, 9.17) is 5.11 Å². The van der Waals surface area contributed by atoms with Crippen LogP contribution < -0.4 is 5.56 Å². The van der Waals surface area contributed by atoms with Gasteiger partial charge >= 0.3 is 5.97 Å². The zero-order chi connectivity index (χ0) is 14.0. The summed E-state index contributed by atoms with van der Waals surface area (Å²) in [6.45, 7) is 7.37. The minimum atomic E-state index is -0.956. The molecule has 19 heavy (non-hydrogen) atoms. The summed E-state index contributed by atoms with van der Waals surface area (Å²) in [6.07, 6.45) is 0.665. The Morgan fingerprint density at radius 2 is 2.11 bits per heavy atom. The van der Waals surface area contributed by atoms with Gasteiger partial charge in [-0.1, -0.05) is 6.92 Å². The van der Waals surface area contributed by atoms with E-state index in [1.165, 1.54) is 0 Å². The second-order valence-electron chi connectivity index (χ2n) is 4.88. The number of aromatic nitrogens is 1. The molecular weight excluding hydrogens is 244 g/mol. The van der Waals surface area contributed by atoms with Gasteiger partial charge < -0.3 is 9.67 Å². The van der Waals surface area contributed by atoms with Crippen molar-refractivity contribution in [2.45, 2.75) is 39.8 Å². The standard InChI is InChI=1S/C14H20N2O3/c1-3-15-6-5-12-11(9-15)7-10(8-13(17)18)14(19)16(12)4-2/h7H,3-6,8-9H2,1-2H3,(H,17,18). The largest absolute Gasteiger partial charge is 0.481 e. The summed E-state index contributed by atoms with van der Waals surface area (Å²) in [5, 5.41) is 8.90. The van der Waals surface area contributed by atoms with Crippen LogP contribution in [0, 0.1) is 0 Å². The van der Waals surface area contributed by atoms with Crippen LogP contribution in [0.3, 0.4) is 0 Å². The van der Waals surface area contributed by atoms with E-state index in [0.29, 0.717) is 12.1 Å². The second kappa shape index (κ2) is 5.57. The van der Waals surface area contributed by atoms with Crippen LogP contribution in [0.25, 0.3) is 0 Å². The maximum atomic E-state index is 12.2. The molecule has 1 N–H and O–H groups in total. The molecule has 1 aromatic heterocycles. The Kier molecular flexibility index (Phi) is 4.04. The fraction of sp³-hybridized carbons (Fsp3) is 0.571. The van der Waals surface area contributed by atoms with E-state index in [1.54, 1.807) is 10.6 Å². The van der Waals surface area contributed by atoms with Crippen LogP contribution in [0.15, 0.2) is 10.9 Å². The Balaban J connectivity index is 2.50. The molecule has 0 fully saturated rings. The summed E-state index contributed by atoms with van der Waals surface area (Å²) in [5.41, 5.74) is 2.43. The number of nitrogens with zero attached hydrogens (tertiary/aromatic N) is 2. The number of aliphatic carboxylic acids is 1. The van der Waals surface area contributed by atoms with Crippen LogP contribution in [-0.4, -0.2) is 33.6 Å². The maximum Gasteiger partial charge on any atom is 0.308 e. The van der Waals surface area contributed by atoms with Crippen LogP contribution in [0.1, 0.15) is 30.7 Å². The number of rotatable bonds is 4. The molecule has 1 aliphatic heterocycles. The summed E-state index contributed by atoms with van der Waals surface area (Å²) in [5.74, 6) is -0.956. The molecule has 0 aromatic carbocycles. The van der Waals surface area contributed by atoms with Gasteiger partial charge in [-0.3, -0.25) is 14.5 Å². The SMILES string of the molecule is CCN1CCc2c(cc(CC(=O)O)c(=O)n2CC)C1. The molecule has 2 heterocycles. The first-order valence-electron chi connectivity index (χ1n) is 6.75. The minimum absolute atomic E-state index is 0.145. The average molecular weight is 264 g/mol. The Morgan fingerprint density at radius 3 is 2.68 bits per heavy atom. The van der Waals surface area contributed by atoms with Crippen LogP contribution in [0.5, 0.6) is 0 Å². The summed E-state index contributed by atoms with van der Waals surface area (Å²) >= 11 is 0. The molecule has 1 aromatic rings. The van der Waals surface area contributed by atoms with Crippen molar-refractivity contribution in [2.75, 3.05) is 13.1 Å². The Labute approximate surface area is 112 Å². The Hall–Kier alpha value is -1.62. The van der Waals surface area contributed by atoms with Gasteiger partial charge in [-0.25, -0.2) is 0 Å². The van der Waals surface area contributed by atoms with Gasteiger partial charge in [0.15, 0.2) is 0 Å². The third-order valence-electron chi connectivity index (χ3n) is 3.73. The van der Waals surface area contributed by atoms with Crippen molar-refractivity contribution in [1.82, 2.24) is 9.47 Å². The highest BCUT2D eigenvalue weighted by Crippen LogP contribution is 2.18. The molecule has 2 rings (SSSR count). The number of carboxylic acid groups (broad SMARTS) is 1. The lowest BCUT2D eigenvalue weighted by atomic mass is 10.0. The molecule has 0 unspecified atom stereocenters. The molecule has 0 saturated heterocycles. The predicted octanol–water partition coefficient (Wildman–Crippen LogP) is 0.873. The number of hydrogen-bond donors (Lipinski definition) is 1. The first kappa shape index (κ1) is 13.8. The molecule has 0 bridgehead atoms. The summed E-state index contributed by atoms with van der Waals surface area (Å²) in [7, 11) is 0. The smallest absolute Gasteiger partial charge is 0.308 e. The monoisotopic (exact) mass is 264 g/mol. The maximum absolute atomic E-state index is 12.2. The van der Waals surface area contributed by atoms with E-state index in [2.05, 4.69) is 11.8 Å². The van der Waals surface area contributed by atoms with Gasteiger partial charge in [0.2, 0.25) is 0 Å². The molecule has 1 aliphatic rings. The number of hydrogen-bond acceptors (Lipinski definition) is 3. The van der Waals surface area contributed by atoms with E-state index < -0.39 is 5.97 Å². The molecule has 0 aliphatic carbocycles. The normalized spacial score (nSPS) is 15.3. The molecule has 104 valence electrons. The third-order valence-corrected chi connectivity index (χ3v) is 3.73.